The molecule has 1 rings (SSSR count). The molecule has 120 valence electrons. The molecular weight excluding hydrogens is 258 g/mol. The molecule has 2 atom stereocenters. The van der Waals surface area contributed by atoms with E-state index in [4.69, 9.17) is 4.74 Å². The summed E-state index contributed by atoms with van der Waals surface area (Å²) >= 11 is 0. The fourth-order valence-electron chi connectivity index (χ4n) is 3.04. The van der Waals surface area contributed by atoms with Gasteiger partial charge in [0.15, 0.2) is 0 Å². The molecule has 2 heteroatoms. The first-order valence-electron chi connectivity index (χ1n) is 8.40. The van der Waals surface area contributed by atoms with Crippen LogP contribution >= 0.6 is 0 Å². The fraction of sp³-hybridized carbons (Fsp3) is 0.684. The molecule has 0 aliphatic heterocycles. The van der Waals surface area contributed by atoms with Crippen LogP contribution < -0.4 is 5.32 Å². The van der Waals surface area contributed by atoms with Gasteiger partial charge in [0, 0.05) is 12.6 Å². The second-order valence-electron chi connectivity index (χ2n) is 6.42. The molecule has 0 amide bonds. The van der Waals surface area contributed by atoms with Gasteiger partial charge >= 0.3 is 0 Å². The van der Waals surface area contributed by atoms with Crippen molar-refractivity contribution in [1.29, 1.82) is 0 Å². The Kier molecular flexibility index (Phi) is 7.98. The van der Waals surface area contributed by atoms with Crippen molar-refractivity contribution in [1.82, 2.24) is 5.32 Å². The van der Waals surface area contributed by atoms with Crippen molar-refractivity contribution in [2.24, 2.45) is 5.92 Å². The van der Waals surface area contributed by atoms with Crippen LogP contribution in [0.3, 0.4) is 0 Å². The van der Waals surface area contributed by atoms with Gasteiger partial charge in [-0.2, -0.15) is 0 Å². The third-order valence-corrected chi connectivity index (χ3v) is 3.81. The summed E-state index contributed by atoms with van der Waals surface area (Å²) < 4.78 is 6.03. The Morgan fingerprint density at radius 2 is 1.67 bits per heavy atom. The van der Waals surface area contributed by atoms with Gasteiger partial charge in [0.1, 0.15) is 0 Å². The summed E-state index contributed by atoms with van der Waals surface area (Å²) in [5, 5.41) is 3.70. The number of hydrogen-bond acceptors (Lipinski definition) is 2. The zero-order valence-electron chi connectivity index (χ0n) is 14.7. The number of hydrogen-bond donors (Lipinski definition) is 1. The first-order valence-corrected chi connectivity index (χ1v) is 8.40. The van der Waals surface area contributed by atoms with E-state index in [9.17, 15) is 0 Å². The van der Waals surface area contributed by atoms with E-state index >= 15 is 0 Å². The Morgan fingerprint density at radius 1 is 1.05 bits per heavy atom. The smallest absolute Gasteiger partial charge is 0.0753 e. The Labute approximate surface area is 131 Å². The largest absolute Gasteiger partial charge is 0.377 e. The monoisotopic (exact) mass is 291 g/mol. The molecule has 0 aliphatic rings. The minimum absolute atomic E-state index is 0.266. The average Bonchev–Trinajstić information content (AvgIpc) is 2.39. The molecule has 1 aromatic rings. The van der Waals surface area contributed by atoms with Crippen LogP contribution in [0.2, 0.25) is 0 Å². The van der Waals surface area contributed by atoms with Crippen molar-refractivity contribution in [3.8, 4) is 0 Å². The molecule has 1 N–H and O–H groups in total. The van der Waals surface area contributed by atoms with Crippen molar-refractivity contribution >= 4 is 0 Å². The van der Waals surface area contributed by atoms with E-state index in [1.54, 1.807) is 0 Å². The van der Waals surface area contributed by atoms with Crippen LogP contribution in [0, 0.1) is 19.8 Å². The third kappa shape index (κ3) is 6.19. The number of aryl methyl sites for hydroxylation is 2. The summed E-state index contributed by atoms with van der Waals surface area (Å²) in [5.74, 6) is 0.519. The molecule has 0 fully saturated rings. The van der Waals surface area contributed by atoms with Crippen molar-refractivity contribution < 1.29 is 4.74 Å². The van der Waals surface area contributed by atoms with E-state index in [0.29, 0.717) is 12.0 Å². The highest BCUT2D eigenvalue weighted by Gasteiger charge is 2.24. The molecule has 0 aromatic heterocycles. The predicted molar refractivity (Wildman–Crippen MR) is 92.0 cm³/mol. The topological polar surface area (TPSA) is 21.3 Å². The molecule has 0 radical (unpaired) electrons. The number of benzene rings is 1. The molecule has 0 aliphatic carbocycles. The maximum atomic E-state index is 6.03. The van der Waals surface area contributed by atoms with Crippen molar-refractivity contribution in [3.63, 3.8) is 0 Å². The van der Waals surface area contributed by atoms with E-state index < -0.39 is 0 Å². The third-order valence-electron chi connectivity index (χ3n) is 3.81. The van der Waals surface area contributed by atoms with Crippen LogP contribution in [0.15, 0.2) is 18.2 Å². The molecule has 21 heavy (non-hydrogen) atoms. The van der Waals surface area contributed by atoms with Crippen molar-refractivity contribution in [2.45, 2.75) is 66.5 Å². The summed E-state index contributed by atoms with van der Waals surface area (Å²) in [7, 11) is 0. The molecule has 0 saturated carbocycles. The van der Waals surface area contributed by atoms with Gasteiger partial charge in [0.05, 0.1) is 6.10 Å². The summed E-state index contributed by atoms with van der Waals surface area (Å²) in [6.07, 6.45) is 2.45. The summed E-state index contributed by atoms with van der Waals surface area (Å²) in [5.41, 5.74) is 4.10. The number of nitrogens with one attached hydrogen (secondary N) is 1. The van der Waals surface area contributed by atoms with Gasteiger partial charge in [-0.25, -0.2) is 0 Å². The van der Waals surface area contributed by atoms with Gasteiger partial charge in [-0.1, -0.05) is 50.1 Å². The zero-order valence-corrected chi connectivity index (χ0v) is 14.7. The van der Waals surface area contributed by atoms with E-state index in [-0.39, 0.29) is 6.10 Å². The minimum Gasteiger partial charge on any atom is -0.377 e. The lowest BCUT2D eigenvalue weighted by Crippen LogP contribution is -2.46. The zero-order chi connectivity index (χ0) is 15.8. The van der Waals surface area contributed by atoms with E-state index in [2.05, 4.69) is 65.1 Å². The van der Waals surface area contributed by atoms with Crippen molar-refractivity contribution in [3.05, 3.63) is 34.9 Å². The molecule has 0 heterocycles. The SMILES string of the molecule is CCCNC(Cc1cc(C)cc(C)c1)C(OCC)C(C)C. The summed E-state index contributed by atoms with van der Waals surface area (Å²) in [6.45, 7) is 15.0. The standard InChI is InChI=1S/C19H33NO/c1-7-9-20-18(19(14(3)4)21-8-2)13-17-11-15(5)10-16(6)12-17/h10-12,14,18-20H,7-9,13H2,1-6H3. The van der Waals surface area contributed by atoms with Crippen LogP contribution in [-0.4, -0.2) is 25.3 Å². The Morgan fingerprint density at radius 3 is 2.14 bits per heavy atom. The highest BCUT2D eigenvalue weighted by Crippen LogP contribution is 2.18. The van der Waals surface area contributed by atoms with Gasteiger partial charge in [0.2, 0.25) is 0 Å². The maximum Gasteiger partial charge on any atom is 0.0753 e. The molecule has 0 spiro atoms. The minimum atomic E-state index is 0.266. The van der Waals surface area contributed by atoms with Crippen LogP contribution in [0.5, 0.6) is 0 Å². The number of rotatable bonds is 9. The second-order valence-corrected chi connectivity index (χ2v) is 6.42. The van der Waals surface area contributed by atoms with Gasteiger partial charge in [0.25, 0.3) is 0 Å². The van der Waals surface area contributed by atoms with Crippen LogP contribution in [0.4, 0.5) is 0 Å². The second kappa shape index (κ2) is 9.22. The molecule has 2 nitrogen and oxygen atoms in total. The van der Waals surface area contributed by atoms with Gasteiger partial charge in [-0.05, 0) is 51.6 Å². The quantitative estimate of drug-likeness (QED) is 0.733. The van der Waals surface area contributed by atoms with Crippen LogP contribution in [0.1, 0.15) is 50.8 Å². The van der Waals surface area contributed by atoms with Gasteiger partial charge in [-0.3, -0.25) is 0 Å². The molecule has 1 aromatic carbocycles. The Balaban J connectivity index is 2.89. The first-order chi connectivity index (χ1) is 9.97. The highest BCUT2D eigenvalue weighted by atomic mass is 16.5. The normalized spacial score (nSPS) is 14.4. The van der Waals surface area contributed by atoms with Crippen LogP contribution in [-0.2, 0) is 11.2 Å². The average molecular weight is 291 g/mol. The van der Waals surface area contributed by atoms with E-state index in [1.807, 2.05) is 0 Å². The van der Waals surface area contributed by atoms with Gasteiger partial charge in [-0.15, -0.1) is 0 Å². The maximum absolute atomic E-state index is 6.03. The van der Waals surface area contributed by atoms with Gasteiger partial charge < -0.3 is 10.1 Å². The summed E-state index contributed by atoms with van der Waals surface area (Å²) in [4.78, 5) is 0. The fourth-order valence-corrected chi connectivity index (χ4v) is 3.04. The Hall–Kier alpha value is -0.860. The predicted octanol–water partition coefficient (Wildman–Crippen LogP) is 4.28. The molecular formula is C19H33NO. The lowest BCUT2D eigenvalue weighted by molar-refractivity contribution is 0.00361. The van der Waals surface area contributed by atoms with E-state index in [1.165, 1.54) is 16.7 Å². The first kappa shape index (κ1) is 18.2. The number of ether oxygens (including phenoxy) is 1. The molecule has 0 saturated heterocycles. The Bertz CT molecular complexity index is 394. The lowest BCUT2D eigenvalue weighted by atomic mass is 9.92. The van der Waals surface area contributed by atoms with Crippen molar-refractivity contribution in [2.75, 3.05) is 13.2 Å². The van der Waals surface area contributed by atoms with E-state index in [0.717, 1.165) is 26.0 Å². The lowest BCUT2D eigenvalue weighted by Gasteiger charge is -2.31. The highest BCUT2D eigenvalue weighted by molar-refractivity contribution is 5.29. The summed E-state index contributed by atoms with van der Waals surface area (Å²) in [6, 6.07) is 7.22. The van der Waals surface area contributed by atoms with Crippen LogP contribution in [0.25, 0.3) is 0 Å². The molecule has 0 bridgehead atoms. The molecule has 2 unspecified atom stereocenters.